The Morgan fingerprint density at radius 1 is 1.23 bits per heavy atom. The molecule has 2 rings (SSSR count). The quantitative estimate of drug-likeness (QED) is 0.506. The molecule has 0 heteroatoms. The van der Waals surface area contributed by atoms with Gasteiger partial charge in [0.1, 0.15) is 0 Å². The third-order valence-electron chi connectivity index (χ3n) is 5.31. The van der Waals surface area contributed by atoms with Gasteiger partial charge in [0.05, 0.1) is 0 Å². The zero-order valence-electron chi connectivity index (χ0n) is 14.9. The second kappa shape index (κ2) is 6.28. The molecule has 0 heterocycles. The van der Waals surface area contributed by atoms with Crippen molar-refractivity contribution in [1.82, 2.24) is 0 Å². The van der Waals surface area contributed by atoms with Crippen molar-refractivity contribution in [2.24, 2.45) is 10.8 Å². The van der Waals surface area contributed by atoms with Crippen molar-refractivity contribution < 1.29 is 0 Å². The summed E-state index contributed by atoms with van der Waals surface area (Å²) in [7, 11) is 0. The van der Waals surface area contributed by atoms with E-state index < -0.39 is 0 Å². The fraction of sp³-hybridized carbons (Fsp3) is 0.455. The van der Waals surface area contributed by atoms with Crippen molar-refractivity contribution >= 4 is 0 Å². The lowest BCUT2D eigenvalue weighted by Gasteiger charge is -2.43. The summed E-state index contributed by atoms with van der Waals surface area (Å²) < 4.78 is 0. The smallest absolute Gasteiger partial charge is 0.0149 e. The fourth-order valence-electron chi connectivity index (χ4n) is 3.69. The first-order valence-electron chi connectivity index (χ1n) is 8.48. The highest BCUT2D eigenvalue weighted by Crippen LogP contribution is 2.52. The molecule has 22 heavy (non-hydrogen) atoms. The molecule has 2 aliphatic carbocycles. The molecule has 0 fully saturated rings. The van der Waals surface area contributed by atoms with Crippen LogP contribution in [0.3, 0.4) is 0 Å². The Balaban J connectivity index is 2.56. The molecular formula is C22H30. The minimum atomic E-state index is 0.0868. The molecule has 1 unspecified atom stereocenters. The average Bonchev–Trinajstić information content (AvgIpc) is 2.48. The van der Waals surface area contributed by atoms with E-state index in [0.717, 1.165) is 12.8 Å². The summed E-state index contributed by atoms with van der Waals surface area (Å²) in [6.45, 7) is 15.4. The largest absolute Gasteiger partial charge is 0.0991 e. The molecular weight excluding hydrogens is 264 g/mol. The summed E-state index contributed by atoms with van der Waals surface area (Å²) in [6.07, 6.45) is 19.1. The summed E-state index contributed by atoms with van der Waals surface area (Å²) >= 11 is 0. The molecule has 0 saturated heterocycles. The molecule has 1 atom stereocenters. The van der Waals surface area contributed by atoms with Gasteiger partial charge in [-0.1, -0.05) is 88.8 Å². The van der Waals surface area contributed by atoms with Crippen LogP contribution in [0, 0.1) is 10.8 Å². The Bertz CT molecular complexity index is 602. The number of unbranched alkanes of at least 4 members (excludes halogenated alkanes) is 1. The van der Waals surface area contributed by atoms with Crippen molar-refractivity contribution in [2.45, 2.75) is 53.9 Å². The van der Waals surface area contributed by atoms with Gasteiger partial charge in [-0.15, -0.1) is 0 Å². The Morgan fingerprint density at radius 2 is 1.95 bits per heavy atom. The third kappa shape index (κ3) is 2.84. The van der Waals surface area contributed by atoms with Crippen LogP contribution in [0.5, 0.6) is 0 Å². The monoisotopic (exact) mass is 294 g/mol. The minimum absolute atomic E-state index is 0.0868. The Hall–Kier alpha value is -1.56. The maximum atomic E-state index is 3.82. The fourth-order valence-corrected chi connectivity index (χ4v) is 3.69. The molecule has 2 aliphatic rings. The van der Waals surface area contributed by atoms with Gasteiger partial charge in [-0.05, 0) is 36.5 Å². The first-order valence-corrected chi connectivity index (χ1v) is 8.48. The highest BCUT2D eigenvalue weighted by atomic mass is 14.4. The van der Waals surface area contributed by atoms with Crippen molar-refractivity contribution in [3.05, 3.63) is 71.4 Å². The molecule has 0 saturated carbocycles. The van der Waals surface area contributed by atoms with Crippen LogP contribution in [0.1, 0.15) is 53.9 Å². The van der Waals surface area contributed by atoms with Gasteiger partial charge >= 0.3 is 0 Å². The minimum Gasteiger partial charge on any atom is -0.0991 e. The Labute approximate surface area is 136 Å². The van der Waals surface area contributed by atoms with Gasteiger partial charge in [0.25, 0.3) is 0 Å². The molecule has 0 aliphatic heterocycles. The molecule has 0 spiro atoms. The molecule has 0 radical (unpaired) electrons. The molecule has 118 valence electrons. The van der Waals surface area contributed by atoms with Gasteiger partial charge in [-0.25, -0.2) is 0 Å². The summed E-state index contributed by atoms with van der Waals surface area (Å²) in [5, 5.41) is 0. The molecule has 0 nitrogen and oxygen atoms in total. The molecule has 0 aromatic rings. The van der Waals surface area contributed by atoms with Gasteiger partial charge in [0.15, 0.2) is 0 Å². The van der Waals surface area contributed by atoms with E-state index >= 15 is 0 Å². The predicted molar refractivity (Wildman–Crippen MR) is 98.8 cm³/mol. The second-order valence-electron chi connectivity index (χ2n) is 7.28. The zero-order chi connectivity index (χ0) is 16.4. The van der Waals surface area contributed by atoms with E-state index in [4.69, 9.17) is 0 Å². The molecule has 0 N–H and O–H groups in total. The summed E-state index contributed by atoms with van der Waals surface area (Å²) in [4.78, 5) is 0. The van der Waals surface area contributed by atoms with Crippen LogP contribution in [0.2, 0.25) is 0 Å². The van der Waals surface area contributed by atoms with Gasteiger partial charge in [0, 0.05) is 10.8 Å². The number of fused-ring (bicyclic) bond motifs is 1. The van der Waals surface area contributed by atoms with Crippen molar-refractivity contribution in [2.75, 3.05) is 0 Å². The average molecular weight is 294 g/mol. The SMILES string of the molecule is C=C/C=C\C1(C)CC=C2C=C/C(=C/CCC)C(C)(C)C2=C1C. The van der Waals surface area contributed by atoms with Crippen LogP contribution < -0.4 is 0 Å². The van der Waals surface area contributed by atoms with Gasteiger partial charge in [-0.3, -0.25) is 0 Å². The maximum Gasteiger partial charge on any atom is 0.0149 e. The van der Waals surface area contributed by atoms with Crippen LogP contribution in [0.15, 0.2) is 71.4 Å². The molecule has 0 amide bonds. The number of hydrogen-bond donors (Lipinski definition) is 0. The first-order chi connectivity index (χ1) is 10.4. The molecule has 0 bridgehead atoms. The van der Waals surface area contributed by atoms with Crippen molar-refractivity contribution in [3.8, 4) is 0 Å². The van der Waals surface area contributed by atoms with E-state index in [-0.39, 0.29) is 10.8 Å². The highest BCUT2D eigenvalue weighted by Gasteiger charge is 2.38. The van der Waals surface area contributed by atoms with Gasteiger partial charge < -0.3 is 0 Å². The standard InChI is InChI=1S/C22H30/c1-7-9-11-19-13-12-18-14-16-22(6,15-10-8-2)17(3)20(18)21(19,4)5/h8,10-15H,2,7,9,16H2,1,3-6H3/b15-10-,19-11-. The lowest BCUT2D eigenvalue weighted by Crippen LogP contribution is -2.29. The zero-order valence-corrected chi connectivity index (χ0v) is 14.9. The second-order valence-corrected chi connectivity index (χ2v) is 7.28. The van der Waals surface area contributed by atoms with Crippen LogP contribution in [-0.2, 0) is 0 Å². The van der Waals surface area contributed by atoms with E-state index in [1.165, 1.54) is 28.7 Å². The van der Waals surface area contributed by atoms with E-state index in [1.807, 2.05) is 6.08 Å². The summed E-state index contributed by atoms with van der Waals surface area (Å²) in [5.74, 6) is 0. The van der Waals surface area contributed by atoms with Gasteiger partial charge in [0.2, 0.25) is 0 Å². The lowest BCUT2D eigenvalue weighted by molar-refractivity contribution is 0.462. The first kappa shape index (κ1) is 16.8. The van der Waals surface area contributed by atoms with E-state index in [1.54, 1.807) is 0 Å². The predicted octanol–water partition coefficient (Wildman–Crippen LogP) is 6.70. The molecule has 0 aromatic heterocycles. The van der Waals surface area contributed by atoms with E-state index in [2.05, 4.69) is 77.7 Å². The molecule has 0 aromatic carbocycles. The van der Waals surface area contributed by atoms with E-state index in [0.29, 0.717) is 0 Å². The summed E-state index contributed by atoms with van der Waals surface area (Å²) in [6, 6.07) is 0. The van der Waals surface area contributed by atoms with Crippen molar-refractivity contribution in [1.29, 1.82) is 0 Å². The van der Waals surface area contributed by atoms with E-state index in [9.17, 15) is 0 Å². The van der Waals surface area contributed by atoms with Crippen LogP contribution in [-0.4, -0.2) is 0 Å². The number of allylic oxidation sites excluding steroid dienone is 11. The highest BCUT2D eigenvalue weighted by molar-refractivity contribution is 5.60. The van der Waals surface area contributed by atoms with Crippen molar-refractivity contribution in [3.63, 3.8) is 0 Å². The number of rotatable bonds is 4. The number of hydrogen-bond acceptors (Lipinski definition) is 0. The third-order valence-corrected chi connectivity index (χ3v) is 5.31. The topological polar surface area (TPSA) is 0 Å². The summed E-state index contributed by atoms with van der Waals surface area (Å²) in [5.41, 5.74) is 6.08. The Morgan fingerprint density at radius 3 is 2.59 bits per heavy atom. The Kier molecular flexibility index (Phi) is 4.80. The van der Waals surface area contributed by atoms with Crippen LogP contribution in [0.4, 0.5) is 0 Å². The maximum absolute atomic E-state index is 3.82. The van der Waals surface area contributed by atoms with Gasteiger partial charge in [-0.2, -0.15) is 0 Å². The normalized spacial score (nSPS) is 29.0. The van der Waals surface area contributed by atoms with Crippen LogP contribution in [0.25, 0.3) is 0 Å². The van der Waals surface area contributed by atoms with Crippen LogP contribution >= 0.6 is 0 Å². The lowest BCUT2D eigenvalue weighted by atomic mass is 9.61.